The molecule has 1 aliphatic rings. The molecule has 0 saturated carbocycles. The average molecular weight is 419 g/mol. The SMILES string of the molecule is COc1ccc2c(c1)c(-c1cc3c(cn1)CCCC3)cn2S(=O)(=O)c1ccccc1. The van der Waals surface area contributed by atoms with Crippen molar-refractivity contribution in [3.63, 3.8) is 0 Å². The molecular weight excluding hydrogens is 396 g/mol. The lowest BCUT2D eigenvalue weighted by Crippen LogP contribution is -2.11. The van der Waals surface area contributed by atoms with Crippen LogP contribution in [0.3, 0.4) is 0 Å². The van der Waals surface area contributed by atoms with E-state index in [1.54, 1.807) is 55.8 Å². The van der Waals surface area contributed by atoms with Gasteiger partial charge in [0.2, 0.25) is 0 Å². The zero-order valence-electron chi connectivity index (χ0n) is 16.7. The fourth-order valence-electron chi connectivity index (χ4n) is 4.18. The van der Waals surface area contributed by atoms with E-state index < -0.39 is 10.0 Å². The highest BCUT2D eigenvalue weighted by Crippen LogP contribution is 2.35. The highest BCUT2D eigenvalue weighted by molar-refractivity contribution is 7.90. The van der Waals surface area contributed by atoms with Crippen LogP contribution in [0.25, 0.3) is 22.2 Å². The van der Waals surface area contributed by atoms with Gasteiger partial charge in [0.1, 0.15) is 5.75 Å². The van der Waals surface area contributed by atoms with Crippen LogP contribution in [-0.2, 0) is 22.9 Å². The van der Waals surface area contributed by atoms with Crippen LogP contribution in [-0.4, -0.2) is 24.5 Å². The van der Waals surface area contributed by atoms with Crippen molar-refractivity contribution >= 4 is 20.9 Å². The summed E-state index contributed by atoms with van der Waals surface area (Å²) in [7, 11) is -2.13. The molecule has 4 aromatic rings. The van der Waals surface area contributed by atoms with Crippen LogP contribution in [0.15, 0.2) is 71.9 Å². The highest BCUT2D eigenvalue weighted by atomic mass is 32.2. The third-order valence-electron chi connectivity index (χ3n) is 5.78. The van der Waals surface area contributed by atoms with Crippen molar-refractivity contribution in [2.24, 2.45) is 0 Å². The number of benzene rings is 2. The Morgan fingerprint density at radius 1 is 0.967 bits per heavy atom. The van der Waals surface area contributed by atoms with Gasteiger partial charge in [-0.3, -0.25) is 4.98 Å². The Bertz CT molecular complexity index is 1340. The fourth-order valence-corrected chi connectivity index (χ4v) is 5.57. The minimum Gasteiger partial charge on any atom is -0.497 e. The molecule has 0 N–H and O–H groups in total. The monoisotopic (exact) mass is 418 g/mol. The predicted octanol–water partition coefficient (Wildman–Crippen LogP) is 4.83. The van der Waals surface area contributed by atoms with E-state index in [2.05, 4.69) is 11.1 Å². The molecular formula is C24H22N2O3S. The van der Waals surface area contributed by atoms with Gasteiger partial charge >= 0.3 is 0 Å². The predicted molar refractivity (Wildman–Crippen MR) is 117 cm³/mol. The second-order valence-electron chi connectivity index (χ2n) is 7.59. The lowest BCUT2D eigenvalue weighted by atomic mass is 9.92. The van der Waals surface area contributed by atoms with Gasteiger partial charge < -0.3 is 4.74 Å². The number of rotatable bonds is 4. The number of methoxy groups -OCH3 is 1. The molecule has 2 heterocycles. The van der Waals surface area contributed by atoms with E-state index in [4.69, 9.17) is 4.74 Å². The molecule has 0 spiro atoms. The number of nitrogens with zero attached hydrogens (tertiary/aromatic N) is 2. The van der Waals surface area contributed by atoms with E-state index in [0.717, 1.165) is 29.5 Å². The molecule has 0 unspecified atom stereocenters. The van der Waals surface area contributed by atoms with E-state index in [9.17, 15) is 8.42 Å². The minimum atomic E-state index is -3.74. The summed E-state index contributed by atoms with van der Waals surface area (Å²) in [6.45, 7) is 0. The van der Waals surface area contributed by atoms with Crippen LogP contribution in [0.5, 0.6) is 5.75 Å². The molecule has 30 heavy (non-hydrogen) atoms. The van der Waals surface area contributed by atoms with Crippen LogP contribution in [0.4, 0.5) is 0 Å². The Balaban J connectivity index is 1.75. The second kappa shape index (κ2) is 7.29. The van der Waals surface area contributed by atoms with Gasteiger partial charge in [-0.05, 0) is 73.2 Å². The first kappa shape index (κ1) is 18.9. The number of hydrogen-bond acceptors (Lipinski definition) is 4. The van der Waals surface area contributed by atoms with E-state index in [0.29, 0.717) is 11.3 Å². The van der Waals surface area contributed by atoms with Crippen molar-refractivity contribution < 1.29 is 13.2 Å². The van der Waals surface area contributed by atoms with Crippen molar-refractivity contribution in [3.05, 3.63) is 78.1 Å². The smallest absolute Gasteiger partial charge is 0.268 e. The average Bonchev–Trinajstić information content (AvgIpc) is 3.19. The molecule has 5 nitrogen and oxygen atoms in total. The Morgan fingerprint density at radius 2 is 1.73 bits per heavy atom. The molecule has 0 radical (unpaired) electrons. The zero-order chi connectivity index (χ0) is 20.7. The summed E-state index contributed by atoms with van der Waals surface area (Å²) >= 11 is 0. The third-order valence-corrected chi connectivity index (χ3v) is 7.47. The van der Waals surface area contributed by atoms with Crippen molar-refractivity contribution in [1.29, 1.82) is 0 Å². The van der Waals surface area contributed by atoms with Crippen LogP contribution < -0.4 is 4.74 Å². The van der Waals surface area contributed by atoms with Gasteiger partial charge in [-0.1, -0.05) is 18.2 Å². The molecule has 0 bridgehead atoms. The maximum absolute atomic E-state index is 13.4. The van der Waals surface area contributed by atoms with E-state index in [1.165, 1.54) is 27.9 Å². The maximum Gasteiger partial charge on any atom is 0.268 e. The van der Waals surface area contributed by atoms with E-state index >= 15 is 0 Å². The quantitative estimate of drug-likeness (QED) is 0.476. The summed E-state index contributed by atoms with van der Waals surface area (Å²) in [4.78, 5) is 4.94. The lowest BCUT2D eigenvalue weighted by Gasteiger charge is -2.15. The van der Waals surface area contributed by atoms with E-state index in [1.807, 2.05) is 12.3 Å². The normalized spacial score (nSPS) is 13.9. The summed E-state index contributed by atoms with van der Waals surface area (Å²) in [6, 6.07) is 16.1. The van der Waals surface area contributed by atoms with Gasteiger partial charge in [-0.2, -0.15) is 0 Å². The van der Waals surface area contributed by atoms with Crippen LogP contribution in [0, 0.1) is 0 Å². The molecule has 0 fully saturated rings. The standard InChI is InChI=1S/C24H22N2O3S/c1-29-19-11-12-24-21(14-19)22(23-13-17-7-5-6-8-18(17)15-25-23)16-26(24)30(27,28)20-9-3-2-4-10-20/h2-4,9-16H,5-8H2,1H3. The molecule has 6 heteroatoms. The van der Waals surface area contributed by atoms with Gasteiger partial charge in [-0.25, -0.2) is 12.4 Å². The second-order valence-corrected chi connectivity index (χ2v) is 9.40. The minimum absolute atomic E-state index is 0.252. The summed E-state index contributed by atoms with van der Waals surface area (Å²) in [5.41, 5.74) is 4.78. The summed E-state index contributed by atoms with van der Waals surface area (Å²) < 4.78 is 33.5. The number of hydrogen-bond donors (Lipinski definition) is 0. The summed E-state index contributed by atoms with van der Waals surface area (Å²) in [6.07, 6.45) is 8.09. The van der Waals surface area contributed by atoms with Crippen molar-refractivity contribution in [2.75, 3.05) is 7.11 Å². The fraction of sp³-hybridized carbons (Fsp3) is 0.208. The molecule has 5 rings (SSSR count). The number of pyridine rings is 1. The van der Waals surface area contributed by atoms with Crippen molar-refractivity contribution in [1.82, 2.24) is 8.96 Å². The summed E-state index contributed by atoms with van der Waals surface area (Å²) in [5.74, 6) is 0.677. The molecule has 0 aliphatic heterocycles. The third kappa shape index (κ3) is 3.08. The van der Waals surface area contributed by atoms with Gasteiger partial charge in [-0.15, -0.1) is 0 Å². The molecule has 0 amide bonds. The largest absolute Gasteiger partial charge is 0.497 e. The van der Waals surface area contributed by atoms with Gasteiger partial charge in [0.05, 0.1) is 23.2 Å². The van der Waals surface area contributed by atoms with E-state index in [-0.39, 0.29) is 4.90 Å². The Kier molecular flexibility index (Phi) is 4.59. The molecule has 1 aliphatic carbocycles. The van der Waals surface area contributed by atoms with Crippen molar-refractivity contribution in [2.45, 2.75) is 30.6 Å². The van der Waals surface area contributed by atoms with Crippen LogP contribution in [0.2, 0.25) is 0 Å². The van der Waals surface area contributed by atoms with Gasteiger partial charge in [0.25, 0.3) is 10.0 Å². The summed E-state index contributed by atoms with van der Waals surface area (Å²) in [5, 5.41) is 0.803. The van der Waals surface area contributed by atoms with Gasteiger partial charge in [0, 0.05) is 23.3 Å². The van der Waals surface area contributed by atoms with Crippen molar-refractivity contribution in [3.8, 4) is 17.0 Å². The molecule has 152 valence electrons. The Morgan fingerprint density at radius 3 is 2.50 bits per heavy atom. The molecule has 2 aromatic carbocycles. The topological polar surface area (TPSA) is 61.2 Å². The lowest BCUT2D eigenvalue weighted by molar-refractivity contribution is 0.415. The first-order chi connectivity index (χ1) is 14.6. The zero-order valence-corrected chi connectivity index (χ0v) is 17.5. The van der Waals surface area contributed by atoms with Crippen LogP contribution >= 0.6 is 0 Å². The highest BCUT2D eigenvalue weighted by Gasteiger charge is 2.23. The number of ether oxygens (including phenoxy) is 1. The first-order valence-electron chi connectivity index (χ1n) is 10.1. The van der Waals surface area contributed by atoms with Crippen LogP contribution in [0.1, 0.15) is 24.0 Å². The molecule has 0 saturated heterocycles. The maximum atomic E-state index is 13.4. The Hall–Kier alpha value is -3.12. The number of fused-ring (bicyclic) bond motifs is 2. The van der Waals surface area contributed by atoms with Gasteiger partial charge in [0.15, 0.2) is 0 Å². The molecule has 0 atom stereocenters. The first-order valence-corrected chi connectivity index (χ1v) is 11.5. The number of aryl methyl sites for hydroxylation is 2. The Labute approximate surface area is 176 Å². The number of aromatic nitrogens is 2. The molecule has 2 aromatic heterocycles.